The molecule has 4 atom stereocenters. The molecule has 0 aromatic heterocycles. The number of aliphatic hydroxyl groups is 1. The highest BCUT2D eigenvalue weighted by atomic mass is 16.3. The van der Waals surface area contributed by atoms with Gasteiger partial charge in [-0.15, -0.1) is 0 Å². The number of carbonyl (C=O) groups is 4. The standard InChI is InChI=1S/C17H29N5O5/c1-10(23)12(13(19)25)21-9-7-17(15(21)27)5-3-8-22(17)14(26)16(2,20)6-4-11(18)24/h10,12,23H,3-9,20H2,1-2H3,(H2,18,24)(H2,19,25)/t10-,12+,16?,17?/m1/s1. The lowest BCUT2D eigenvalue weighted by atomic mass is 9.89. The number of aliphatic hydroxyl groups excluding tert-OH is 1. The van der Waals surface area contributed by atoms with Gasteiger partial charge in [-0.25, -0.2) is 0 Å². The first-order valence-electron chi connectivity index (χ1n) is 9.12. The van der Waals surface area contributed by atoms with Crippen molar-refractivity contribution in [2.45, 2.75) is 69.2 Å². The minimum absolute atomic E-state index is 0.0363. The molecule has 2 aliphatic heterocycles. The van der Waals surface area contributed by atoms with Crippen LogP contribution in [0.3, 0.4) is 0 Å². The van der Waals surface area contributed by atoms with E-state index in [1.807, 2.05) is 0 Å². The zero-order valence-corrected chi connectivity index (χ0v) is 15.8. The van der Waals surface area contributed by atoms with Crippen molar-refractivity contribution in [1.29, 1.82) is 0 Å². The first-order chi connectivity index (χ1) is 12.4. The molecule has 0 aromatic rings. The Bertz CT molecular complexity index is 650. The molecule has 10 heteroatoms. The highest BCUT2D eigenvalue weighted by Crippen LogP contribution is 2.41. The van der Waals surface area contributed by atoms with Crippen LogP contribution in [0.2, 0.25) is 0 Å². The molecule has 2 heterocycles. The summed E-state index contributed by atoms with van der Waals surface area (Å²) < 4.78 is 0. The summed E-state index contributed by atoms with van der Waals surface area (Å²) in [5.74, 6) is -2.18. The SMILES string of the molecule is C[C@@H](O)[C@@H](C(N)=O)N1CCC2(CCCN2C(=O)C(C)(N)CCC(N)=O)C1=O. The molecule has 0 bridgehead atoms. The minimum Gasteiger partial charge on any atom is -0.391 e. The van der Waals surface area contributed by atoms with E-state index in [4.69, 9.17) is 17.2 Å². The van der Waals surface area contributed by atoms with E-state index in [0.29, 0.717) is 25.8 Å². The van der Waals surface area contributed by atoms with Crippen molar-refractivity contribution >= 4 is 23.6 Å². The van der Waals surface area contributed by atoms with E-state index in [0.717, 1.165) is 0 Å². The van der Waals surface area contributed by atoms with Crippen molar-refractivity contribution in [2.24, 2.45) is 17.2 Å². The summed E-state index contributed by atoms with van der Waals surface area (Å²) in [5.41, 5.74) is 14.2. The fourth-order valence-electron chi connectivity index (χ4n) is 4.15. The largest absolute Gasteiger partial charge is 0.391 e. The number of nitrogens with two attached hydrogens (primary N) is 3. The maximum absolute atomic E-state index is 13.2. The van der Waals surface area contributed by atoms with Gasteiger partial charge >= 0.3 is 0 Å². The smallest absolute Gasteiger partial charge is 0.249 e. The van der Waals surface area contributed by atoms with E-state index in [1.54, 1.807) is 0 Å². The van der Waals surface area contributed by atoms with Crippen LogP contribution in [0, 0.1) is 0 Å². The van der Waals surface area contributed by atoms with Gasteiger partial charge in [0.05, 0.1) is 11.6 Å². The molecule has 4 amide bonds. The molecule has 10 nitrogen and oxygen atoms in total. The minimum atomic E-state index is -1.34. The fraction of sp³-hybridized carbons (Fsp3) is 0.765. The molecular formula is C17H29N5O5. The predicted octanol–water partition coefficient (Wildman–Crippen LogP) is -2.20. The van der Waals surface area contributed by atoms with Gasteiger partial charge in [-0.1, -0.05) is 0 Å². The predicted molar refractivity (Wildman–Crippen MR) is 95.7 cm³/mol. The molecule has 2 saturated heterocycles. The Balaban J connectivity index is 2.26. The maximum Gasteiger partial charge on any atom is 0.249 e. The monoisotopic (exact) mass is 383 g/mol. The Hall–Kier alpha value is -2.20. The van der Waals surface area contributed by atoms with Gasteiger partial charge in [-0.2, -0.15) is 0 Å². The summed E-state index contributed by atoms with van der Waals surface area (Å²) in [4.78, 5) is 51.8. The normalized spacial score (nSPS) is 26.9. The molecule has 152 valence electrons. The Morgan fingerprint density at radius 2 is 1.89 bits per heavy atom. The Morgan fingerprint density at radius 3 is 2.41 bits per heavy atom. The topological polar surface area (TPSA) is 173 Å². The first kappa shape index (κ1) is 21.1. The second-order valence-electron chi connectivity index (χ2n) is 7.81. The molecule has 0 aliphatic carbocycles. The summed E-state index contributed by atoms with van der Waals surface area (Å²) in [6.07, 6.45) is 0.315. The van der Waals surface area contributed by atoms with E-state index < -0.39 is 46.9 Å². The lowest BCUT2D eigenvalue weighted by Crippen LogP contribution is -2.62. The van der Waals surface area contributed by atoms with Crippen LogP contribution in [-0.2, 0) is 19.2 Å². The third kappa shape index (κ3) is 3.77. The molecule has 1 spiro atoms. The molecule has 0 saturated carbocycles. The van der Waals surface area contributed by atoms with Gasteiger partial charge in [-0.05, 0) is 39.5 Å². The van der Waals surface area contributed by atoms with Gasteiger partial charge in [0, 0.05) is 19.5 Å². The number of carbonyl (C=O) groups excluding carboxylic acids is 4. The number of hydrogen-bond donors (Lipinski definition) is 4. The average Bonchev–Trinajstić information content (AvgIpc) is 3.11. The van der Waals surface area contributed by atoms with Crippen LogP contribution in [0.4, 0.5) is 0 Å². The van der Waals surface area contributed by atoms with Crippen molar-refractivity contribution in [3.8, 4) is 0 Å². The molecule has 7 N–H and O–H groups in total. The van der Waals surface area contributed by atoms with Gasteiger partial charge in [0.25, 0.3) is 0 Å². The van der Waals surface area contributed by atoms with Gasteiger partial charge in [0.15, 0.2) is 0 Å². The van der Waals surface area contributed by atoms with Crippen LogP contribution in [0.1, 0.15) is 46.0 Å². The summed E-state index contributed by atoms with van der Waals surface area (Å²) in [7, 11) is 0. The van der Waals surface area contributed by atoms with Crippen LogP contribution < -0.4 is 17.2 Å². The van der Waals surface area contributed by atoms with Crippen LogP contribution in [0.25, 0.3) is 0 Å². The van der Waals surface area contributed by atoms with E-state index >= 15 is 0 Å². The maximum atomic E-state index is 13.2. The highest BCUT2D eigenvalue weighted by Gasteiger charge is 2.58. The van der Waals surface area contributed by atoms with Crippen molar-refractivity contribution in [1.82, 2.24) is 9.80 Å². The van der Waals surface area contributed by atoms with Crippen molar-refractivity contribution < 1.29 is 24.3 Å². The fourth-order valence-corrected chi connectivity index (χ4v) is 4.15. The second-order valence-corrected chi connectivity index (χ2v) is 7.81. The Kier molecular flexibility index (Phi) is 5.81. The van der Waals surface area contributed by atoms with Crippen molar-refractivity contribution in [3.05, 3.63) is 0 Å². The summed E-state index contributed by atoms with van der Waals surface area (Å²) in [5, 5.41) is 9.88. The molecule has 0 radical (unpaired) electrons. The number of amides is 4. The van der Waals surface area contributed by atoms with E-state index in [2.05, 4.69) is 0 Å². The van der Waals surface area contributed by atoms with Crippen molar-refractivity contribution in [3.63, 3.8) is 0 Å². The van der Waals surface area contributed by atoms with Gasteiger partial charge in [0.2, 0.25) is 23.6 Å². The molecule has 27 heavy (non-hydrogen) atoms. The quantitative estimate of drug-likeness (QED) is 0.388. The zero-order chi connectivity index (χ0) is 20.6. The molecule has 2 fully saturated rings. The number of rotatable bonds is 7. The highest BCUT2D eigenvalue weighted by molar-refractivity contribution is 5.98. The summed E-state index contributed by atoms with van der Waals surface area (Å²) in [6.45, 7) is 3.48. The van der Waals surface area contributed by atoms with Gasteiger partial charge in [0.1, 0.15) is 11.6 Å². The van der Waals surface area contributed by atoms with Gasteiger partial charge in [-0.3, -0.25) is 19.2 Å². The molecule has 2 rings (SSSR count). The first-order valence-corrected chi connectivity index (χ1v) is 9.12. The Morgan fingerprint density at radius 1 is 1.26 bits per heavy atom. The molecule has 2 unspecified atom stereocenters. The molecular weight excluding hydrogens is 354 g/mol. The van der Waals surface area contributed by atoms with E-state index in [-0.39, 0.29) is 19.4 Å². The van der Waals surface area contributed by atoms with Crippen molar-refractivity contribution in [2.75, 3.05) is 13.1 Å². The number of likely N-dealkylation sites (tertiary alicyclic amines) is 2. The van der Waals surface area contributed by atoms with Crippen LogP contribution in [-0.4, -0.2) is 74.8 Å². The van der Waals surface area contributed by atoms with E-state index in [9.17, 15) is 24.3 Å². The second kappa shape index (κ2) is 7.43. The molecule has 0 aromatic carbocycles. The lowest BCUT2D eigenvalue weighted by molar-refractivity contribution is -0.152. The van der Waals surface area contributed by atoms with Crippen LogP contribution in [0.5, 0.6) is 0 Å². The Labute approximate surface area is 158 Å². The number of primary amides is 2. The number of hydrogen-bond acceptors (Lipinski definition) is 6. The summed E-state index contributed by atoms with van der Waals surface area (Å²) >= 11 is 0. The van der Waals surface area contributed by atoms with Crippen LogP contribution >= 0.6 is 0 Å². The lowest BCUT2D eigenvalue weighted by Gasteiger charge is -2.39. The third-order valence-electron chi connectivity index (χ3n) is 5.62. The average molecular weight is 383 g/mol. The van der Waals surface area contributed by atoms with Gasteiger partial charge < -0.3 is 32.1 Å². The third-order valence-corrected chi connectivity index (χ3v) is 5.62. The summed E-state index contributed by atoms with van der Waals surface area (Å²) in [6, 6.07) is -1.14. The van der Waals surface area contributed by atoms with E-state index in [1.165, 1.54) is 23.6 Å². The number of nitrogens with zero attached hydrogens (tertiary/aromatic N) is 2. The van der Waals surface area contributed by atoms with Crippen LogP contribution in [0.15, 0.2) is 0 Å². The zero-order valence-electron chi connectivity index (χ0n) is 15.8. The molecule has 2 aliphatic rings.